The number of alkyl halides is 2. The molecule has 0 unspecified atom stereocenters. The molecule has 0 spiro atoms. The molecule has 9 heteroatoms. The van der Waals surface area contributed by atoms with Gasteiger partial charge in [0.05, 0.1) is 30.3 Å². The van der Waals surface area contributed by atoms with Gasteiger partial charge in [0.1, 0.15) is 12.4 Å². The van der Waals surface area contributed by atoms with Crippen molar-refractivity contribution in [2.24, 2.45) is 4.99 Å². The molecule has 0 atom stereocenters. The fourth-order valence-electron chi connectivity index (χ4n) is 3.02. The molecule has 1 aliphatic rings. The summed E-state index contributed by atoms with van der Waals surface area (Å²) < 4.78 is 36.3. The van der Waals surface area contributed by atoms with Crippen LogP contribution in [-0.4, -0.2) is 42.9 Å². The lowest BCUT2D eigenvalue weighted by Gasteiger charge is -2.20. The molecular weight excluding hydrogens is 382 g/mol. The second-order valence-corrected chi connectivity index (χ2v) is 6.72. The number of hydrogen-bond donors (Lipinski definition) is 0. The lowest BCUT2D eigenvalue weighted by atomic mass is 10.1. The number of aromatic nitrogens is 2. The molecule has 0 aliphatic carbocycles. The van der Waals surface area contributed by atoms with Crippen molar-refractivity contribution in [3.8, 4) is 5.75 Å². The molecule has 156 valence electrons. The van der Waals surface area contributed by atoms with E-state index in [-0.39, 0.29) is 6.67 Å². The zero-order valence-electron chi connectivity index (χ0n) is 16.7. The third-order valence-corrected chi connectivity index (χ3v) is 4.37. The van der Waals surface area contributed by atoms with Gasteiger partial charge in [-0.2, -0.15) is 24.0 Å². The Morgan fingerprint density at radius 3 is 2.41 bits per heavy atom. The average Bonchev–Trinajstić information content (AvgIpc) is 3.19. The molecule has 0 radical (unpaired) electrons. The number of ether oxygens (including phenoxy) is 2. The van der Waals surface area contributed by atoms with Gasteiger partial charge >= 0.3 is 6.43 Å². The van der Waals surface area contributed by atoms with Crippen LogP contribution in [0.15, 0.2) is 29.3 Å². The molecule has 1 aliphatic heterocycles. The van der Waals surface area contributed by atoms with Crippen LogP contribution in [0.4, 0.5) is 14.5 Å². The van der Waals surface area contributed by atoms with E-state index in [4.69, 9.17) is 14.3 Å². The molecular formula is C20H24F2N4O3. The maximum Gasteiger partial charge on any atom is 0.315 e. The number of anilines is 1. The molecule has 1 aromatic carbocycles. The molecule has 0 saturated heterocycles. The molecule has 7 nitrogen and oxygen atoms in total. The van der Waals surface area contributed by atoms with Crippen molar-refractivity contribution >= 4 is 11.6 Å². The highest BCUT2D eigenvalue weighted by molar-refractivity contribution is 5.82. The van der Waals surface area contributed by atoms with Crippen LogP contribution in [0.5, 0.6) is 5.75 Å². The van der Waals surface area contributed by atoms with Gasteiger partial charge in [-0.05, 0) is 62.1 Å². The lowest BCUT2D eigenvalue weighted by molar-refractivity contribution is 0.171. The third-order valence-electron chi connectivity index (χ3n) is 4.37. The van der Waals surface area contributed by atoms with E-state index in [9.17, 15) is 8.78 Å². The van der Waals surface area contributed by atoms with Crippen molar-refractivity contribution in [1.29, 1.82) is 0 Å². The zero-order chi connectivity index (χ0) is 20.8. The Balaban J connectivity index is 1.52. The van der Waals surface area contributed by atoms with Gasteiger partial charge in [-0.25, -0.2) is 4.99 Å². The first kappa shape index (κ1) is 20.9. The van der Waals surface area contributed by atoms with Crippen LogP contribution >= 0.6 is 0 Å². The minimum atomic E-state index is -2.72. The van der Waals surface area contributed by atoms with Gasteiger partial charge < -0.3 is 14.3 Å². The van der Waals surface area contributed by atoms with Crippen LogP contribution in [0, 0.1) is 13.8 Å². The van der Waals surface area contributed by atoms with Crippen molar-refractivity contribution in [3.05, 3.63) is 46.8 Å². The topological polar surface area (TPSA) is 69.1 Å². The summed E-state index contributed by atoms with van der Waals surface area (Å²) in [7, 11) is 1.62. The number of aliphatic imine (C=N–C) groups is 1. The molecule has 29 heavy (non-hydrogen) atoms. The Morgan fingerprint density at radius 1 is 1.14 bits per heavy atom. The summed E-state index contributed by atoms with van der Waals surface area (Å²) in [5.74, 6) is 0.225. The summed E-state index contributed by atoms with van der Waals surface area (Å²) >= 11 is 0. The fraction of sp³-hybridized carbons (Fsp3) is 0.450. The fourth-order valence-corrected chi connectivity index (χ4v) is 3.02. The molecule has 3 rings (SSSR count). The monoisotopic (exact) mass is 406 g/mol. The van der Waals surface area contributed by atoms with Crippen LogP contribution in [0.25, 0.3) is 0 Å². The third kappa shape index (κ3) is 5.38. The maximum absolute atomic E-state index is 12.7. The summed E-state index contributed by atoms with van der Waals surface area (Å²) in [4.78, 5) is 8.80. The highest BCUT2D eigenvalue weighted by atomic mass is 19.3. The Labute approximate surface area is 168 Å². The summed E-state index contributed by atoms with van der Waals surface area (Å²) in [5, 5.41) is 9.63. The van der Waals surface area contributed by atoms with Gasteiger partial charge in [0, 0.05) is 7.11 Å². The lowest BCUT2D eigenvalue weighted by Crippen LogP contribution is -2.22. The van der Waals surface area contributed by atoms with E-state index in [1.807, 2.05) is 38.1 Å². The normalized spacial score (nSPS) is 13.6. The van der Waals surface area contributed by atoms with Crippen LogP contribution in [0.2, 0.25) is 0 Å². The Morgan fingerprint density at radius 2 is 1.83 bits per heavy atom. The molecule has 1 aromatic heterocycles. The van der Waals surface area contributed by atoms with Gasteiger partial charge in [0.2, 0.25) is 0 Å². The number of hydrogen-bond acceptors (Lipinski definition) is 7. The van der Waals surface area contributed by atoms with Crippen molar-refractivity contribution in [3.63, 3.8) is 0 Å². The molecule has 0 amide bonds. The minimum absolute atomic E-state index is 0.0446. The number of rotatable bonds is 9. The second kappa shape index (κ2) is 9.60. The molecule has 0 saturated carbocycles. The van der Waals surface area contributed by atoms with Crippen molar-refractivity contribution in [2.75, 3.05) is 25.4 Å². The van der Waals surface area contributed by atoms with Crippen LogP contribution in [0.3, 0.4) is 0 Å². The molecule has 2 aromatic rings. The maximum atomic E-state index is 12.7. The Bertz CT molecular complexity index is 836. The summed E-state index contributed by atoms with van der Waals surface area (Å²) in [6.07, 6.45) is -1.17. The van der Waals surface area contributed by atoms with Gasteiger partial charge in [0.15, 0.2) is 0 Å². The van der Waals surface area contributed by atoms with E-state index in [0.29, 0.717) is 18.9 Å². The number of hydroxylamine groups is 1. The van der Waals surface area contributed by atoms with E-state index < -0.39 is 12.3 Å². The van der Waals surface area contributed by atoms with Crippen molar-refractivity contribution in [1.82, 2.24) is 10.2 Å². The quantitative estimate of drug-likeness (QED) is 0.593. The average molecular weight is 406 g/mol. The molecule has 0 fully saturated rings. The number of aryl methyl sites for hydroxylation is 3. The molecule has 2 heterocycles. The van der Waals surface area contributed by atoms with Crippen molar-refractivity contribution in [2.45, 2.75) is 39.7 Å². The van der Waals surface area contributed by atoms with E-state index in [1.54, 1.807) is 7.11 Å². The summed E-state index contributed by atoms with van der Waals surface area (Å²) in [5.41, 5.74) is 4.17. The largest absolute Gasteiger partial charge is 0.493 e. The van der Waals surface area contributed by atoms with Crippen LogP contribution in [0.1, 0.15) is 28.9 Å². The minimum Gasteiger partial charge on any atom is -0.493 e. The predicted molar refractivity (Wildman–Crippen MR) is 104 cm³/mol. The van der Waals surface area contributed by atoms with E-state index in [0.717, 1.165) is 41.1 Å². The summed E-state index contributed by atoms with van der Waals surface area (Å²) in [6, 6.07) is 7.53. The van der Waals surface area contributed by atoms with Gasteiger partial charge in [-0.15, -0.1) is 0 Å². The Kier molecular flexibility index (Phi) is 6.92. The van der Waals surface area contributed by atoms with Gasteiger partial charge in [-0.3, -0.25) is 0 Å². The van der Waals surface area contributed by atoms with Gasteiger partial charge in [-0.1, -0.05) is 0 Å². The zero-order valence-corrected chi connectivity index (χ0v) is 16.7. The Hall–Kier alpha value is -2.81. The van der Waals surface area contributed by atoms with Gasteiger partial charge in [0.25, 0.3) is 5.90 Å². The molecule has 0 N–H and O–H groups in total. The van der Waals surface area contributed by atoms with Crippen LogP contribution < -0.4 is 9.80 Å². The van der Waals surface area contributed by atoms with E-state index in [1.165, 1.54) is 5.06 Å². The standard InChI is InChI=1S/C20H24F2N4O3/c1-13-9-17(26-12-23-20(29-26)19(21)22)10-14(2)18(13)28-8-4-5-15-6-7-16(11-27-3)25-24-15/h6-7,9-10,19H,4-5,8,11-12H2,1-3H3. The first-order valence-electron chi connectivity index (χ1n) is 9.30. The number of benzene rings is 1. The SMILES string of the molecule is COCc1ccc(CCCOc2c(C)cc(N3CN=C(C(F)F)O3)cc2C)nn1. The second-order valence-electron chi connectivity index (χ2n) is 6.72. The summed E-state index contributed by atoms with van der Waals surface area (Å²) in [6.45, 7) is 4.85. The van der Waals surface area contributed by atoms with Crippen molar-refractivity contribution < 1.29 is 23.1 Å². The predicted octanol–water partition coefficient (Wildman–Crippen LogP) is 3.62. The number of methoxy groups -OCH3 is 1. The first-order valence-corrected chi connectivity index (χ1v) is 9.30. The molecule has 0 bridgehead atoms. The van der Waals surface area contributed by atoms with E-state index in [2.05, 4.69) is 15.2 Å². The first-order chi connectivity index (χ1) is 14.0. The smallest absolute Gasteiger partial charge is 0.315 e. The highest BCUT2D eigenvalue weighted by Crippen LogP contribution is 2.30. The van der Waals surface area contributed by atoms with E-state index >= 15 is 0 Å². The number of nitrogens with zero attached hydrogens (tertiary/aromatic N) is 4. The highest BCUT2D eigenvalue weighted by Gasteiger charge is 2.26. The van der Waals surface area contributed by atoms with Crippen LogP contribution in [-0.2, 0) is 22.6 Å². The number of halogens is 2.